The van der Waals surface area contributed by atoms with Crippen molar-refractivity contribution in [2.75, 3.05) is 17.3 Å². The lowest BCUT2D eigenvalue weighted by atomic mass is 9.73. The van der Waals surface area contributed by atoms with Crippen LogP contribution in [0.4, 0.5) is 0 Å². The Balaban J connectivity index is 1.89. The average Bonchev–Trinajstić information content (AvgIpc) is 3.55. The highest BCUT2D eigenvalue weighted by molar-refractivity contribution is 8.20. The van der Waals surface area contributed by atoms with Gasteiger partial charge in [-0.3, -0.25) is 14.6 Å². The SMILES string of the molecule is CC1=NC(/C=C(\C)[C@@H]2C/C=C(/CC3SCCS3)CCCC(C)C(O)[C@@H](C)C(=O)C(C)(C)[C@@H](O)CC(=O)O2)CS1. The van der Waals surface area contributed by atoms with Crippen molar-refractivity contribution in [2.45, 2.75) is 109 Å². The minimum atomic E-state index is -1.21. The van der Waals surface area contributed by atoms with Crippen LogP contribution in [-0.2, 0) is 14.3 Å². The first-order valence-electron chi connectivity index (χ1n) is 14.2. The molecule has 3 rings (SSSR count). The maximum atomic E-state index is 13.4. The quantitative estimate of drug-likeness (QED) is 0.299. The van der Waals surface area contributed by atoms with Gasteiger partial charge in [0, 0.05) is 29.6 Å². The predicted molar refractivity (Wildman–Crippen MR) is 167 cm³/mol. The molecule has 0 radical (unpaired) electrons. The molecule has 0 aromatic carbocycles. The number of Topliss-reactive ketones (excluding diaryl/α,β-unsaturated/α-hetero) is 1. The maximum Gasteiger partial charge on any atom is 0.309 e. The number of cyclic esters (lactones) is 1. The minimum Gasteiger partial charge on any atom is -0.457 e. The fraction of sp³-hybridized carbons (Fsp3) is 0.767. The highest BCUT2D eigenvalue weighted by Gasteiger charge is 2.42. The Morgan fingerprint density at radius 3 is 2.54 bits per heavy atom. The average molecular weight is 598 g/mol. The zero-order valence-corrected chi connectivity index (χ0v) is 26.8. The number of carbonyl (C=O) groups excluding carboxylic acids is 2. The van der Waals surface area contributed by atoms with Crippen molar-refractivity contribution < 1.29 is 24.5 Å². The summed E-state index contributed by atoms with van der Waals surface area (Å²) < 4.78 is 6.54. The highest BCUT2D eigenvalue weighted by Crippen LogP contribution is 2.38. The Morgan fingerprint density at radius 2 is 1.90 bits per heavy atom. The van der Waals surface area contributed by atoms with Crippen molar-refractivity contribution >= 4 is 52.1 Å². The summed E-state index contributed by atoms with van der Waals surface area (Å²) in [5.41, 5.74) is 1.14. The van der Waals surface area contributed by atoms with Gasteiger partial charge in [-0.1, -0.05) is 45.4 Å². The number of thioether (sulfide) groups is 3. The van der Waals surface area contributed by atoms with Gasteiger partial charge in [0.2, 0.25) is 0 Å². The van der Waals surface area contributed by atoms with E-state index in [2.05, 4.69) is 17.1 Å². The van der Waals surface area contributed by atoms with E-state index in [9.17, 15) is 19.8 Å². The number of ether oxygens (including phenoxy) is 1. The van der Waals surface area contributed by atoms with Crippen LogP contribution in [0, 0.1) is 17.3 Å². The molecule has 3 heterocycles. The summed E-state index contributed by atoms with van der Waals surface area (Å²) in [6.07, 6.45) is 5.87. The Hall–Kier alpha value is -0.740. The fourth-order valence-electron chi connectivity index (χ4n) is 5.48. The third-order valence-electron chi connectivity index (χ3n) is 8.28. The number of aliphatic hydroxyl groups excluding tert-OH is 2. The van der Waals surface area contributed by atoms with Gasteiger partial charge in [-0.25, -0.2) is 0 Å². The molecule has 9 heteroatoms. The van der Waals surface area contributed by atoms with Gasteiger partial charge < -0.3 is 14.9 Å². The molecule has 3 aliphatic heterocycles. The van der Waals surface area contributed by atoms with Crippen molar-refractivity contribution in [1.82, 2.24) is 0 Å². The first-order chi connectivity index (χ1) is 18.4. The van der Waals surface area contributed by atoms with Crippen molar-refractivity contribution in [3.63, 3.8) is 0 Å². The number of allylic oxidation sites excluding steroid dienone is 1. The van der Waals surface area contributed by atoms with Gasteiger partial charge in [-0.2, -0.15) is 0 Å². The van der Waals surface area contributed by atoms with Crippen molar-refractivity contribution in [3.8, 4) is 0 Å². The van der Waals surface area contributed by atoms with Gasteiger partial charge in [0.15, 0.2) is 0 Å². The van der Waals surface area contributed by atoms with Crippen molar-refractivity contribution in [3.05, 3.63) is 23.3 Å². The van der Waals surface area contributed by atoms with Crippen LogP contribution in [-0.4, -0.2) is 73.2 Å². The smallest absolute Gasteiger partial charge is 0.309 e. The van der Waals surface area contributed by atoms with Crippen LogP contribution in [0.1, 0.15) is 80.1 Å². The van der Waals surface area contributed by atoms with Crippen LogP contribution < -0.4 is 0 Å². The molecule has 39 heavy (non-hydrogen) atoms. The zero-order chi connectivity index (χ0) is 28.7. The zero-order valence-electron chi connectivity index (χ0n) is 24.4. The third kappa shape index (κ3) is 9.38. The second-order valence-corrected chi connectivity index (χ2v) is 16.0. The van der Waals surface area contributed by atoms with Crippen molar-refractivity contribution in [2.24, 2.45) is 22.2 Å². The summed E-state index contributed by atoms with van der Waals surface area (Å²) in [5.74, 6) is 1.81. The number of carbonyl (C=O) groups is 2. The molecule has 0 aliphatic carbocycles. The lowest BCUT2D eigenvalue weighted by molar-refractivity contribution is -0.154. The number of rotatable bonds is 4. The van der Waals surface area contributed by atoms with E-state index in [0.29, 0.717) is 11.0 Å². The summed E-state index contributed by atoms with van der Waals surface area (Å²) in [5, 5.41) is 23.0. The molecule has 2 N–H and O–H groups in total. The minimum absolute atomic E-state index is 0.0440. The van der Waals surface area contributed by atoms with Crippen LogP contribution >= 0.6 is 35.3 Å². The van der Waals surface area contributed by atoms with Gasteiger partial charge >= 0.3 is 5.97 Å². The molecule has 1 fully saturated rings. The monoisotopic (exact) mass is 597 g/mol. The Bertz CT molecular complexity index is 956. The van der Waals surface area contributed by atoms with Gasteiger partial charge in [0.1, 0.15) is 11.9 Å². The third-order valence-corrected chi connectivity index (χ3v) is 12.3. The molecule has 1 saturated heterocycles. The molecular formula is C30H47NO5S3. The van der Waals surface area contributed by atoms with Crippen LogP contribution in [0.3, 0.4) is 0 Å². The summed E-state index contributed by atoms with van der Waals surface area (Å²) >= 11 is 5.76. The normalized spacial score (nSPS) is 35.8. The maximum absolute atomic E-state index is 13.4. The summed E-state index contributed by atoms with van der Waals surface area (Å²) in [7, 11) is 0. The highest BCUT2D eigenvalue weighted by atomic mass is 32.2. The molecule has 0 amide bonds. The van der Waals surface area contributed by atoms with Crippen LogP contribution in [0.15, 0.2) is 28.3 Å². The van der Waals surface area contributed by atoms with E-state index in [1.807, 2.05) is 44.3 Å². The van der Waals surface area contributed by atoms with Crippen LogP contribution in [0.5, 0.6) is 0 Å². The molecule has 6 atom stereocenters. The van der Waals surface area contributed by atoms with Crippen LogP contribution in [0.2, 0.25) is 0 Å². The molecule has 0 aromatic rings. The number of ketones is 1. The lowest BCUT2D eigenvalue weighted by Gasteiger charge is -2.34. The topological polar surface area (TPSA) is 96.2 Å². The molecule has 6 nitrogen and oxygen atoms in total. The van der Waals surface area contributed by atoms with E-state index >= 15 is 0 Å². The molecule has 0 spiro atoms. The Kier molecular flexibility index (Phi) is 12.6. The molecule has 3 aliphatic rings. The Labute approximate surface area is 247 Å². The number of esters is 1. The number of aliphatic imine (C=N–C) groups is 1. The molecule has 3 unspecified atom stereocenters. The van der Waals surface area contributed by atoms with E-state index in [4.69, 9.17) is 4.74 Å². The molecule has 0 bridgehead atoms. The molecule has 0 aromatic heterocycles. The summed E-state index contributed by atoms with van der Waals surface area (Å²) in [6.45, 7) is 11.0. The van der Waals surface area contributed by atoms with E-state index in [0.717, 1.165) is 42.1 Å². The number of hydrogen-bond acceptors (Lipinski definition) is 9. The van der Waals surface area contributed by atoms with Gasteiger partial charge in [-0.05, 0) is 51.0 Å². The molecule has 220 valence electrons. The van der Waals surface area contributed by atoms with Crippen molar-refractivity contribution in [1.29, 1.82) is 0 Å². The van der Waals surface area contributed by atoms with E-state index < -0.39 is 35.6 Å². The number of nitrogens with zero attached hydrogens (tertiary/aromatic N) is 1. The molecular weight excluding hydrogens is 551 g/mol. The number of hydrogen-bond donors (Lipinski definition) is 2. The largest absolute Gasteiger partial charge is 0.457 e. The summed E-state index contributed by atoms with van der Waals surface area (Å²) in [6, 6.07) is 0.0698. The first-order valence-corrected chi connectivity index (χ1v) is 17.3. The van der Waals surface area contributed by atoms with Gasteiger partial charge in [0.25, 0.3) is 0 Å². The Morgan fingerprint density at radius 1 is 1.21 bits per heavy atom. The van der Waals surface area contributed by atoms with E-state index in [1.54, 1.807) is 32.5 Å². The second kappa shape index (κ2) is 14.9. The van der Waals surface area contributed by atoms with E-state index in [1.165, 1.54) is 17.1 Å². The first kappa shape index (κ1) is 32.8. The number of aliphatic hydroxyl groups is 2. The predicted octanol–water partition coefficient (Wildman–Crippen LogP) is 6.05. The second-order valence-electron chi connectivity index (χ2n) is 11.8. The van der Waals surface area contributed by atoms with Gasteiger partial charge in [0.05, 0.1) is 39.7 Å². The standard InChI is InChI=1S/C30H47NO5S3/c1-18-8-7-9-22(15-27-37-12-13-38-27)10-11-24(19(2)14-23-17-39-21(4)31-23)36-26(33)16-25(32)30(5,6)29(35)20(3)28(18)34/h10,14,18,20,23-25,27-28,32,34H,7-9,11-13,15-17H2,1-6H3/b19-14+,22-10+/t18?,20-,23?,24+,25+,28?/m1/s1. The molecule has 0 saturated carbocycles. The van der Waals surface area contributed by atoms with Gasteiger partial charge in [-0.15, -0.1) is 35.3 Å². The lowest BCUT2D eigenvalue weighted by Crippen LogP contribution is -2.45. The van der Waals surface area contributed by atoms with Crippen LogP contribution in [0.25, 0.3) is 0 Å². The fourth-order valence-corrected chi connectivity index (χ4v) is 9.19. The summed E-state index contributed by atoms with van der Waals surface area (Å²) in [4.78, 5) is 31.1. The van der Waals surface area contributed by atoms with E-state index in [-0.39, 0.29) is 24.2 Å².